The van der Waals surface area contributed by atoms with Crippen LogP contribution in [0.15, 0.2) is 18.2 Å². The molecule has 0 saturated heterocycles. The van der Waals surface area contributed by atoms with Crippen LogP contribution in [0.2, 0.25) is 0 Å². The minimum absolute atomic E-state index is 0.736. The van der Waals surface area contributed by atoms with Crippen molar-refractivity contribution in [3.05, 3.63) is 29.3 Å². The number of nitrogens with zero attached hydrogens (tertiary/aromatic N) is 1. The Hall–Kier alpha value is -1.06. The summed E-state index contributed by atoms with van der Waals surface area (Å²) in [4.78, 5) is 2.14. The fourth-order valence-electron chi connectivity index (χ4n) is 1.87. The molecule has 0 radical (unpaired) electrons. The number of nitrogens with one attached hydrogen (secondary N) is 1. The summed E-state index contributed by atoms with van der Waals surface area (Å²) in [6.07, 6.45) is 2.64. The van der Waals surface area contributed by atoms with Crippen molar-refractivity contribution < 1.29 is 4.74 Å². The zero-order valence-electron chi connectivity index (χ0n) is 11.7. The molecule has 2 rings (SSSR count). The fraction of sp³-hybridized carbons (Fsp3) is 0.600. The van der Waals surface area contributed by atoms with E-state index >= 15 is 0 Å². The summed E-state index contributed by atoms with van der Waals surface area (Å²) in [5.74, 6) is 1.02. The summed E-state index contributed by atoms with van der Waals surface area (Å²) in [5.41, 5.74) is 2.57. The average Bonchev–Trinajstić information content (AvgIpc) is 3.12. The van der Waals surface area contributed by atoms with E-state index in [1.165, 1.54) is 24.0 Å². The van der Waals surface area contributed by atoms with Crippen molar-refractivity contribution in [3.8, 4) is 5.75 Å². The molecule has 1 aliphatic rings. The Morgan fingerprint density at radius 1 is 1.33 bits per heavy atom. The lowest BCUT2D eigenvalue weighted by Gasteiger charge is -2.15. The van der Waals surface area contributed by atoms with Crippen LogP contribution in [0.5, 0.6) is 5.75 Å². The van der Waals surface area contributed by atoms with E-state index in [9.17, 15) is 0 Å². The lowest BCUT2D eigenvalue weighted by Crippen LogP contribution is -2.20. The Labute approximate surface area is 110 Å². The number of ether oxygens (including phenoxy) is 1. The van der Waals surface area contributed by atoms with E-state index in [4.69, 9.17) is 4.74 Å². The van der Waals surface area contributed by atoms with Gasteiger partial charge in [-0.2, -0.15) is 0 Å². The molecule has 0 heterocycles. The van der Waals surface area contributed by atoms with Crippen LogP contribution in [0.4, 0.5) is 0 Å². The van der Waals surface area contributed by atoms with E-state index < -0.39 is 0 Å². The first-order valence-electron chi connectivity index (χ1n) is 6.75. The molecule has 0 amide bonds. The van der Waals surface area contributed by atoms with Crippen molar-refractivity contribution >= 4 is 0 Å². The third-order valence-electron chi connectivity index (χ3n) is 3.17. The molecule has 0 unspecified atom stereocenters. The molecular weight excluding hydrogens is 224 g/mol. The van der Waals surface area contributed by atoms with Gasteiger partial charge in [-0.3, -0.25) is 0 Å². The van der Waals surface area contributed by atoms with Crippen LogP contribution in [0.25, 0.3) is 0 Å². The van der Waals surface area contributed by atoms with Gasteiger partial charge in [-0.15, -0.1) is 0 Å². The molecule has 0 aromatic heterocycles. The highest BCUT2D eigenvalue weighted by Gasteiger charge is 2.20. The number of likely N-dealkylation sites (N-methyl/N-ethyl adjacent to an activating group) is 1. The second-order valence-corrected chi connectivity index (χ2v) is 5.42. The van der Waals surface area contributed by atoms with Crippen LogP contribution in [0.1, 0.15) is 24.0 Å². The van der Waals surface area contributed by atoms with Gasteiger partial charge in [0.15, 0.2) is 0 Å². The number of benzene rings is 1. The minimum atomic E-state index is 0.736. The molecule has 3 nitrogen and oxygen atoms in total. The summed E-state index contributed by atoms with van der Waals surface area (Å²) < 4.78 is 5.87. The van der Waals surface area contributed by atoms with Crippen molar-refractivity contribution in [2.75, 3.05) is 27.2 Å². The Morgan fingerprint density at radius 3 is 2.78 bits per heavy atom. The molecule has 1 fully saturated rings. The maximum atomic E-state index is 5.87. The van der Waals surface area contributed by atoms with Gasteiger partial charge in [-0.1, -0.05) is 17.7 Å². The van der Waals surface area contributed by atoms with Gasteiger partial charge in [0, 0.05) is 24.7 Å². The highest BCUT2D eigenvalue weighted by Crippen LogP contribution is 2.23. The fourth-order valence-corrected chi connectivity index (χ4v) is 1.87. The molecule has 3 heteroatoms. The number of rotatable bonds is 7. The third kappa shape index (κ3) is 4.31. The number of hydrogen-bond donors (Lipinski definition) is 1. The molecule has 1 aliphatic carbocycles. The predicted molar refractivity (Wildman–Crippen MR) is 75.1 cm³/mol. The summed E-state index contributed by atoms with van der Waals surface area (Å²) >= 11 is 0. The minimum Gasteiger partial charge on any atom is -0.492 e. The van der Waals surface area contributed by atoms with Crippen LogP contribution in [0, 0.1) is 6.92 Å². The second kappa shape index (κ2) is 6.21. The van der Waals surface area contributed by atoms with Gasteiger partial charge < -0.3 is 15.0 Å². The third-order valence-corrected chi connectivity index (χ3v) is 3.17. The summed E-state index contributed by atoms with van der Waals surface area (Å²) in [6.45, 7) is 4.74. The molecule has 1 aromatic rings. The molecular formula is C15H24N2O. The maximum absolute atomic E-state index is 5.87. The quantitative estimate of drug-likeness (QED) is 0.800. The molecule has 0 bridgehead atoms. The van der Waals surface area contributed by atoms with Crippen LogP contribution < -0.4 is 10.1 Å². The van der Waals surface area contributed by atoms with Crippen molar-refractivity contribution in [1.29, 1.82) is 0 Å². The van der Waals surface area contributed by atoms with E-state index in [2.05, 4.69) is 49.4 Å². The Bertz CT molecular complexity index is 386. The molecule has 1 N–H and O–H groups in total. The molecule has 1 saturated carbocycles. The van der Waals surface area contributed by atoms with Crippen LogP contribution >= 0.6 is 0 Å². The van der Waals surface area contributed by atoms with E-state index in [0.29, 0.717) is 0 Å². The van der Waals surface area contributed by atoms with Crippen molar-refractivity contribution in [1.82, 2.24) is 10.2 Å². The lowest BCUT2D eigenvalue weighted by molar-refractivity contribution is 0.259. The molecule has 1 aromatic carbocycles. The smallest absolute Gasteiger partial charge is 0.123 e. The molecule has 0 spiro atoms. The molecule has 0 atom stereocenters. The Morgan fingerprint density at radius 2 is 2.11 bits per heavy atom. The average molecular weight is 248 g/mol. The van der Waals surface area contributed by atoms with E-state index in [0.717, 1.165) is 31.5 Å². The topological polar surface area (TPSA) is 24.5 Å². The van der Waals surface area contributed by atoms with Gasteiger partial charge in [-0.05, 0) is 39.9 Å². The Balaban J connectivity index is 1.93. The summed E-state index contributed by atoms with van der Waals surface area (Å²) in [7, 11) is 4.13. The van der Waals surface area contributed by atoms with Crippen LogP contribution in [-0.2, 0) is 6.54 Å². The standard InChI is InChI=1S/C15H24N2O/c1-12-4-7-15(18-9-8-17(2)3)13(10-12)11-16-14-5-6-14/h4,7,10,14,16H,5-6,8-9,11H2,1-3H3. The van der Waals surface area contributed by atoms with Gasteiger partial charge in [0.05, 0.1) is 0 Å². The first-order chi connectivity index (χ1) is 8.65. The maximum Gasteiger partial charge on any atom is 0.123 e. The zero-order valence-corrected chi connectivity index (χ0v) is 11.7. The Kier molecular flexibility index (Phi) is 4.61. The van der Waals surface area contributed by atoms with Crippen molar-refractivity contribution in [2.45, 2.75) is 32.4 Å². The normalized spacial score (nSPS) is 15.1. The number of hydrogen-bond acceptors (Lipinski definition) is 3. The first-order valence-corrected chi connectivity index (χ1v) is 6.75. The highest BCUT2D eigenvalue weighted by molar-refractivity contribution is 5.37. The van der Waals surface area contributed by atoms with Crippen LogP contribution in [0.3, 0.4) is 0 Å². The predicted octanol–water partition coefficient (Wildman–Crippen LogP) is 2.19. The largest absolute Gasteiger partial charge is 0.492 e. The molecule has 18 heavy (non-hydrogen) atoms. The summed E-state index contributed by atoms with van der Waals surface area (Å²) in [6, 6.07) is 7.17. The van der Waals surface area contributed by atoms with Gasteiger partial charge in [0.1, 0.15) is 12.4 Å². The van der Waals surface area contributed by atoms with Crippen molar-refractivity contribution in [3.63, 3.8) is 0 Å². The SMILES string of the molecule is Cc1ccc(OCCN(C)C)c(CNC2CC2)c1. The first kappa shape index (κ1) is 13.4. The molecule has 100 valence electrons. The number of aryl methyl sites for hydroxylation is 1. The monoisotopic (exact) mass is 248 g/mol. The lowest BCUT2D eigenvalue weighted by atomic mass is 10.1. The zero-order chi connectivity index (χ0) is 13.0. The van der Waals surface area contributed by atoms with Crippen molar-refractivity contribution in [2.24, 2.45) is 0 Å². The van der Waals surface area contributed by atoms with Gasteiger partial charge in [0.2, 0.25) is 0 Å². The molecule has 0 aliphatic heterocycles. The van der Waals surface area contributed by atoms with E-state index in [1.54, 1.807) is 0 Å². The van der Waals surface area contributed by atoms with Gasteiger partial charge in [-0.25, -0.2) is 0 Å². The highest BCUT2D eigenvalue weighted by atomic mass is 16.5. The van der Waals surface area contributed by atoms with E-state index in [-0.39, 0.29) is 0 Å². The summed E-state index contributed by atoms with van der Waals surface area (Å²) in [5, 5.41) is 3.55. The van der Waals surface area contributed by atoms with E-state index in [1.807, 2.05) is 0 Å². The van der Waals surface area contributed by atoms with Crippen LogP contribution in [-0.4, -0.2) is 38.2 Å². The second-order valence-electron chi connectivity index (χ2n) is 5.42. The van der Waals surface area contributed by atoms with Gasteiger partial charge >= 0.3 is 0 Å². The van der Waals surface area contributed by atoms with Gasteiger partial charge in [0.25, 0.3) is 0 Å².